The molecule has 0 saturated carbocycles. The molecule has 2 aromatic rings. The zero-order valence-electron chi connectivity index (χ0n) is 19.3. The second-order valence-corrected chi connectivity index (χ2v) is 9.91. The van der Waals surface area contributed by atoms with Crippen molar-refractivity contribution in [1.29, 1.82) is 0 Å². The number of hydrogen-bond acceptors (Lipinski definition) is 10. The zero-order chi connectivity index (χ0) is 26.2. The first kappa shape index (κ1) is 28.7. The van der Waals surface area contributed by atoms with Gasteiger partial charge in [0.15, 0.2) is 0 Å². The predicted molar refractivity (Wildman–Crippen MR) is 137 cm³/mol. The molecule has 0 aromatic heterocycles. The summed E-state index contributed by atoms with van der Waals surface area (Å²) < 4.78 is 10.1. The number of amides is 2. The van der Waals surface area contributed by atoms with E-state index in [1.807, 2.05) is 0 Å². The molecular weight excluding hydrogens is 512 g/mol. The fourth-order valence-corrected chi connectivity index (χ4v) is 4.76. The third-order valence-corrected chi connectivity index (χ3v) is 7.04. The molecule has 12 nitrogen and oxygen atoms in total. The van der Waals surface area contributed by atoms with Crippen LogP contribution >= 0.6 is 21.6 Å². The van der Waals surface area contributed by atoms with Crippen molar-refractivity contribution >= 4 is 45.1 Å². The number of hydrogen-bond donors (Lipinski definition) is 2. The SMILES string of the molecule is O=C(NCCCSSCCCNC(=O)OCc1ccc([N+](=O)[O-])cc1)OCc1ccc([N+](=O)[O-])cc1. The number of nitrogens with one attached hydrogen (secondary N) is 2. The second kappa shape index (κ2) is 16.2. The van der Waals surface area contributed by atoms with Crippen LogP contribution in [0.3, 0.4) is 0 Å². The molecule has 0 aliphatic heterocycles. The molecule has 36 heavy (non-hydrogen) atoms. The average Bonchev–Trinajstić information content (AvgIpc) is 2.87. The molecule has 194 valence electrons. The van der Waals surface area contributed by atoms with Crippen LogP contribution in [0.4, 0.5) is 21.0 Å². The van der Waals surface area contributed by atoms with Gasteiger partial charge in [0.1, 0.15) is 13.2 Å². The molecular formula is C22H26N4O8S2. The Kier molecular flexibility index (Phi) is 12.9. The summed E-state index contributed by atoms with van der Waals surface area (Å²) in [6.07, 6.45) is 0.435. The van der Waals surface area contributed by atoms with Crippen molar-refractivity contribution in [3.63, 3.8) is 0 Å². The van der Waals surface area contributed by atoms with E-state index < -0.39 is 22.0 Å². The van der Waals surface area contributed by atoms with Gasteiger partial charge in [0.25, 0.3) is 11.4 Å². The number of nitro groups is 2. The molecule has 2 rings (SSSR count). The Balaban J connectivity index is 1.40. The molecule has 0 atom stereocenters. The monoisotopic (exact) mass is 538 g/mol. The van der Waals surface area contributed by atoms with Crippen LogP contribution < -0.4 is 10.6 Å². The van der Waals surface area contributed by atoms with Gasteiger partial charge in [-0.25, -0.2) is 9.59 Å². The quantitative estimate of drug-likeness (QED) is 0.139. The van der Waals surface area contributed by atoms with Crippen LogP contribution in [0.5, 0.6) is 0 Å². The fraction of sp³-hybridized carbons (Fsp3) is 0.364. The Bertz CT molecular complexity index is 925. The van der Waals surface area contributed by atoms with E-state index in [9.17, 15) is 29.8 Å². The second-order valence-electron chi connectivity index (χ2n) is 7.20. The number of benzene rings is 2. The van der Waals surface area contributed by atoms with E-state index in [0.29, 0.717) is 24.2 Å². The Morgan fingerprint density at radius 1 is 0.694 bits per heavy atom. The molecule has 0 bridgehead atoms. The highest BCUT2D eigenvalue weighted by Gasteiger charge is 2.07. The van der Waals surface area contributed by atoms with Gasteiger partial charge in [-0.1, -0.05) is 21.6 Å². The van der Waals surface area contributed by atoms with Crippen LogP contribution in [-0.2, 0) is 22.7 Å². The molecule has 2 N–H and O–H groups in total. The van der Waals surface area contributed by atoms with Gasteiger partial charge >= 0.3 is 12.2 Å². The molecule has 0 spiro atoms. The van der Waals surface area contributed by atoms with Crippen molar-refractivity contribution in [2.75, 3.05) is 24.6 Å². The highest BCUT2D eigenvalue weighted by Crippen LogP contribution is 2.22. The summed E-state index contributed by atoms with van der Waals surface area (Å²) in [4.78, 5) is 43.7. The molecule has 2 aromatic carbocycles. The third kappa shape index (κ3) is 11.8. The summed E-state index contributed by atoms with van der Waals surface area (Å²) >= 11 is 0. The van der Waals surface area contributed by atoms with Gasteiger partial charge in [-0.3, -0.25) is 20.2 Å². The first-order chi connectivity index (χ1) is 17.3. The minimum absolute atomic E-state index is 0.0193. The van der Waals surface area contributed by atoms with Crippen LogP contribution in [0.1, 0.15) is 24.0 Å². The molecule has 0 aliphatic carbocycles. The lowest BCUT2D eigenvalue weighted by atomic mass is 10.2. The maximum absolute atomic E-state index is 11.7. The van der Waals surface area contributed by atoms with Crippen molar-refractivity contribution in [3.8, 4) is 0 Å². The molecule has 0 heterocycles. The van der Waals surface area contributed by atoms with Gasteiger partial charge in [-0.05, 0) is 48.2 Å². The van der Waals surface area contributed by atoms with Gasteiger partial charge in [0.05, 0.1) is 9.85 Å². The summed E-state index contributed by atoms with van der Waals surface area (Å²) in [6.45, 7) is 1.00. The largest absolute Gasteiger partial charge is 0.445 e. The van der Waals surface area contributed by atoms with Gasteiger partial charge in [0, 0.05) is 48.9 Å². The highest BCUT2D eigenvalue weighted by molar-refractivity contribution is 8.76. The minimum Gasteiger partial charge on any atom is -0.445 e. The number of rotatable bonds is 15. The fourth-order valence-electron chi connectivity index (χ4n) is 2.59. The van der Waals surface area contributed by atoms with Gasteiger partial charge in [0.2, 0.25) is 0 Å². The third-order valence-electron chi connectivity index (χ3n) is 4.47. The predicted octanol–water partition coefficient (Wildman–Crippen LogP) is 4.82. The number of nitrogens with zero attached hydrogens (tertiary/aromatic N) is 2. The van der Waals surface area contributed by atoms with E-state index in [0.717, 1.165) is 24.3 Å². The van der Waals surface area contributed by atoms with E-state index in [1.54, 1.807) is 45.9 Å². The maximum atomic E-state index is 11.7. The van der Waals surface area contributed by atoms with E-state index in [1.165, 1.54) is 24.3 Å². The molecule has 0 aliphatic rings. The summed E-state index contributed by atoms with van der Waals surface area (Å²) in [7, 11) is 3.33. The Labute approximate surface area is 215 Å². The van der Waals surface area contributed by atoms with E-state index in [-0.39, 0.29) is 24.6 Å². The van der Waals surface area contributed by atoms with Crippen molar-refractivity contribution in [3.05, 3.63) is 79.9 Å². The lowest BCUT2D eigenvalue weighted by Gasteiger charge is -2.08. The maximum Gasteiger partial charge on any atom is 0.407 e. The van der Waals surface area contributed by atoms with Crippen molar-refractivity contribution in [2.24, 2.45) is 0 Å². The number of nitro benzene ring substituents is 2. The molecule has 0 radical (unpaired) electrons. The topological polar surface area (TPSA) is 163 Å². The standard InChI is InChI=1S/C22H26N4O8S2/c27-21(33-15-17-3-7-19(8-4-17)25(29)30)23-11-1-13-35-36-14-2-12-24-22(28)34-16-18-5-9-20(10-6-18)26(31)32/h3-10H,1-2,11-16H2,(H,23,27)(H,24,28). The van der Waals surface area contributed by atoms with Crippen LogP contribution in [0.15, 0.2) is 48.5 Å². The van der Waals surface area contributed by atoms with E-state index in [2.05, 4.69) is 10.6 Å². The zero-order valence-corrected chi connectivity index (χ0v) is 20.9. The van der Waals surface area contributed by atoms with Gasteiger partial charge < -0.3 is 20.1 Å². The average molecular weight is 539 g/mol. The molecule has 0 saturated heterocycles. The van der Waals surface area contributed by atoms with Crippen LogP contribution in [0.25, 0.3) is 0 Å². The lowest BCUT2D eigenvalue weighted by molar-refractivity contribution is -0.385. The number of alkyl carbamates (subject to hydrolysis) is 2. The van der Waals surface area contributed by atoms with Gasteiger partial charge in [-0.2, -0.15) is 0 Å². The molecule has 0 fully saturated rings. The van der Waals surface area contributed by atoms with Crippen LogP contribution in [0, 0.1) is 20.2 Å². The Hall–Kier alpha value is -3.52. The number of ether oxygens (including phenoxy) is 2. The summed E-state index contributed by atoms with van der Waals surface area (Å²) in [6, 6.07) is 11.6. The molecule has 14 heteroatoms. The van der Waals surface area contributed by atoms with Crippen molar-refractivity contribution in [2.45, 2.75) is 26.1 Å². The normalized spacial score (nSPS) is 10.3. The van der Waals surface area contributed by atoms with Crippen LogP contribution in [-0.4, -0.2) is 46.6 Å². The first-order valence-electron chi connectivity index (χ1n) is 10.9. The molecule has 0 unspecified atom stereocenters. The van der Waals surface area contributed by atoms with E-state index >= 15 is 0 Å². The Morgan fingerprint density at radius 3 is 1.39 bits per heavy atom. The lowest BCUT2D eigenvalue weighted by Crippen LogP contribution is -2.25. The van der Waals surface area contributed by atoms with Crippen molar-refractivity contribution < 1.29 is 28.9 Å². The van der Waals surface area contributed by atoms with E-state index in [4.69, 9.17) is 9.47 Å². The Morgan fingerprint density at radius 2 is 1.06 bits per heavy atom. The number of carbonyl (C=O) groups excluding carboxylic acids is 2. The smallest absolute Gasteiger partial charge is 0.407 e. The summed E-state index contributed by atoms with van der Waals surface area (Å²) in [5, 5.41) is 26.5. The number of non-ortho nitro benzene ring substituents is 2. The minimum atomic E-state index is -0.544. The highest BCUT2D eigenvalue weighted by atomic mass is 33.1. The first-order valence-corrected chi connectivity index (χ1v) is 13.4. The molecule has 2 amide bonds. The van der Waals surface area contributed by atoms with Crippen molar-refractivity contribution in [1.82, 2.24) is 10.6 Å². The summed E-state index contributed by atoms with van der Waals surface area (Å²) in [5.41, 5.74) is 1.29. The van der Waals surface area contributed by atoms with Gasteiger partial charge in [-0.15, -0.1) is 0 Å². The van der Waals surface area contributed by atoms with Crippen LogP contribution in [0.2, 0.25) is 0 Å². The summed E-state index contributed by atoms with van der Waals surface area (Å²) in [5.74, 6) is 1.66. The number of carbonyl (C=O) groups is 2.